The number of carbonyl (C=O) groups excluding carboxylic acids is 2. The van der Waals surface area contributed by atoms with E-state index in [1.165, 1.54) is 35.2 Å². The second kappa shape index (κ2) is 41.5. The summed E-state index contributed by atoms with van der Waals surface area (Å²) < 4.78 is 253. The number of nitrogens with zero attached hydrogens (tertiary/aromatic N) is 6. The fourth-order valence-corrected chi connectivity index (χ4v) is 22.7. The molecular formula is C92H117N8O27S7-5. The Labute approximate surface area is 786 Å². The summed E-state index contributed by atoms with van der Waals surface area (Å²) in [4.78, 5) is 57.4. The Morgan fingerprint density at radius 3 is 1.20 bits per heavy atom. The van der Waals surface area contributed by atoms with E-state index in [9.17, 15) is 120 Å². The minimum atomic E-state index is -5.07. The fraction of sp³-hybridized carbons (Fsp3) is 0.500. The minimum Gasteiger partial charge on any atom is -0.748 e. The van der Waals surface area contributed by atoms with Gasteiger partial charge in [-0.2, -0.15) is 9.15 Å². The van der Waals surface area contributed by atoms with E-state index < -0.39 is 167 Å². The highest BCUT2D eigenvalue weighted by atomic mass is 32.2. The highest BCUT2D eigenvalue weighted by Crippen LogP contribution is 2.51. The number of allylic oxidation sites excluding steroid dienone is 14. The first kappa shape index (κ1) is 107. The van der Waals surface area contributed by atoms with Gasteiger partial charge in [0, 0.05) is 156 Å². The van der Waals surface area contributed by atoms with Gasteiger partial charge in [-0.1, -0.05) is 94.8 Å². The summed E-state index contributed by atoms with van der Waals surface area (Å²) in [5, 5.41) is 25.6. The second-order valence-electron chi connectivity index (χ2n) is 37.0. The molecule has 6 aliphatic heterocycles. The van der Waals surface area contributed by atoms with E-state index in [0.717, 1.165) is 68.7 Å². The summed E-state index contributed by atoms with van der Waals surface area (Å²) in [5.74, 6) is -7.64. The second-order valence-corrected chi connectivity index (χ2v) is 47.3. The summed E-state index contributed by atoms with van der Waals surface area (Å²) in [5.41, 5.74) is 11.3. The number of nitrogens with one attached hydrogen (secondary N) is 2. The number of amides is 2. The number of aryl methyl sites for hydroxylation is 2. The molecule has 4 aromatic rings. The molecule has 734 valence electrons. The third-order valence-electron chi connectivity index (χ3n) is 26.1. The van der Waals surface area contributed by atoms with Gasteiger partial charge in [0.2, 0.25) is 23.2 Å². The smallest absolute Gasteiger partial charge is 0.306 e. The van der Waals surface area contributed by atoms with Crippen molar-refractivity contribution >= 4 is 129 Å². The molecular weight excluding hydrogens is 1870 g/mol. The van der Waals surface area contributed by atoms with Gasteiger partial charge >= 0.3 is 11.9 Å². The van der Waals surface area contributed by atoms with E-state index in [2.05, 4.69) is 35.4 Å². The number of hydrogen-bond acceptors (Lipinski definition) is 29. The lowest BCUT2D eigenvalue weighted by Crippen LogP contribution is -2.52. The molecule has 0 radical (unpaired) electrons. The Bertz CT molecular complexity index is 6500. The van der Waals surface area contributed by atoms with Crippen LogP contribution in [0.4, 0.5) is 22.7 Å². The third-order valence-corrected chi connectivity index (χ3v) is 31.7. The van der Waals surface area contributed by atoms with Crippen LogP contribution >= 0.6 is 0 Å². The molecule has 1 unspecified atom stereocenters. The molecule has 2 amide bonds. The van der Waals surface area contributed by atoms with Crippen molar-refractivity contribution in [3.05, 3.63) is 200 Å². The Morgan fingerprint density at radius 1 is 0.455 bits per heavy atom. The zero-order valence-corrected chi connectivity index (χ0v) is 81.4. The van der Waals surface area contributed by atoms with Gasteiger partial charge in [0.1, 0.15) is 39.4 Å². The molecule has 2 saturated heterocycles. The number of likely N-dealkylation sites (tertiary alicyclic amines) is 2. The standard InChI is InChI=1S/C46H60N4O15S4.C45H58N4O12S3.CH4/c1-30-11-15-38-35(27-30)45(2,3)40(49(38)21-7-25-66(54,55)56)17-12-31-9-6-10-32(42(31)47-37(29-68(60,61)62)43(51)48-23-19-33(20-24-48)44(52)53)13-18-41-46(4,5)36-28-34(69(63,64)65)14-16-39(36)50(41)22-8-26-67(57,58)59;1-30-11-15-37-35(27-30)44(2,3)39(48(37)21-7-25-62(53,54)55)17-12-31-9-6-10-32(42(31)46-29-41(50)47-23-19-33(20-24-47)43(51)52)13-18-40-45(4,5)36-28-34(64(59,60)61)14-16-38(36)49(40)22-8-26-63(56,57)58;/h11-18,27-28,33,37H,6-10,19-26,29H2,1-5H3,(H5,52,53,54,55,56,57,58,59,60,61,62,63,64,65);11-18,27-28,33H,6-10,19-26,29H2,1-5H3,(H4,51,52,53,54,55,56,57,58,59,60,61);1H4/p-5/b31-12+,40-17-;31-12+,39-17-;. The molecule has 12 rings (SSSR count). The fourth-order valence-electron chi connectivity index (χ4n) is 19.2. The normalized spacial score (nSPS) is 20.3. The number of carbonyl (C=O) groups is 4. The monoisotopic (exact) mass is 1990 g/mol. The summed E-state index contributed by atoms with van der Waals surface area (Å²) in [6.07, 6.45) is 19.0. The van der Waals surface area contributed by atoms with Crippen molar-refractivity contribution in [2.45, 2.75) is 204 Å². The summed E-state index contributed by atoms with van der Waals surface area (Å²) in [6.45, 7) is 20.5. The molecule has 2 fully saturated rings. The lowest BCUT2D eigenvalue weighted by molar-refractivity contribution is -0.437. The number of rotatable bonds is 34. The van der Waals surface area contributed by atoms with Gasteiger partial charge < -0.3 is 72.3 Å². The van der Waals surface area contributed by atoms with Crippen LogP contribution in [0.2, 0.25) is 0 Å². The lowest BCUT2D eigenvalue weighted by atomic mass is 9.81. The molecule has 35 nitrogen and oxygen atoms in total. The average molecular weight is 1990 g/mol. The van der Waals surface area contributed by atoms with Crippen molar-refractivity contribution < 1.29 is 129 Å². The Hall–Kier alpha value is -9.41. The molecule has 1 atom stereocenters. The topological polar surface area (TPSA) is 552 Å². The Kier molecular flexibility index (Phi) is 33.0. The summed E-state index contributed by atoms with van der Waals surface area (Å²) in [6, 6.07) is 18.2. The minimum absolute atomic E-state index is 0. The molecule has 0 aromatic heterocycles. The third kappa shape index (κ3) is 25.9. The van der Waals surface area contributed by atoms with E-state index >= 15 is 0 Å². The quantitative estimate of drug-likeness (QED) is 0.0250. The van der Waals surface area contributed by atoms with Gasteiger partial charge in [-0.25, -0.2) is 58.9 Å². The van der Waals surface area contributed by atoms with Crippen LogP contribution in [0.1, 0.15) is 186 Å². The van der Waals surface area contributed by atoms with Crippen molar-refractivity contribution in [1.29, 1.82) is 0 Å². The van der Waals surface area contributed by atoms with Gasteiger partial charge in [0.05, 0.1) is 95.3 Å². The maximum Gasteiger partial charge on any atom is 0.306 e. The van der Waals surface area contributed by atoms with Crippen LogP contribution in [-0.4, -0.2) is 249 Å². The van der Waals surface area contributed by atoms with E-state index in [1.807, 2.05) is 112 Å². The van der Waals surface area contributed by atoms with Crippen LogP contribution in [0.3, 0.4) is 0 Å². The molecule has 2 aliphatic carbocycles. The van der Waals surface area contributed by atoms with Crippen LogP contribution in [0.25, 0.3) is 0 Å². The Balaban J connectivity index is 0.000000276. The highest BCUT2D eigenvalue weighted by molar-refractivity contribution is 7.87. The summed E-state index contributed by atoms with van der Waals surface area (Å²) in [7, 11) is -32.9. The molecule has 4 aromatic carbocycles. The number of hydrogen-bond donors (Lipinski definition) is 4. The maximum atomic E-state index is 14.3. The molecule has 4 N–H and O–H groups in total. The molecule has 134 heavy (non-hydrogen) atoms. The van der Waals surface area contributed by atoms with Crippen LogP contribution < -0.4 is 20.4 Å². The first-order valence-electron chi connectivity index (χ1n) is 43.8. The molecule has 6 heterocycles. The van der Waals surface area contributed by atoms with Gasteiger partial charge in [-0.3, -0.25) is 19.2 Å². The SMILES string of the molecule is C.Cc1ccc2c(c1)C(C)(C)/C(=C/C=C1\CCCC(/C=C/C3=[N+](CCCS(=O)(=O)[O-])c4ccc(S(=O)(=O)[O-])cc4C3(C)C)=C1NC(CS(=O)(=O)[O-])C(=O)N1CCC(C(=O)O)CC1)N2CCCS(=O)(=O)[O-].Cc1ccc2c(c1)C(C)(C)/C(=C/C=C1\CCCC(/C=C/C3=[N+](CCCS(=O)(=O)[O-])c4ccc(S(=O)(=O)[O-])cc4C3(C)C)=C1NCC(=O)N1CCC(C(=O)O)CC1)N2CCCS(=O)(=O)[O-]. The Morgan fingerprint density at radius 2 is 0.828 bits per heavy atom. The molecule has 0 bridgehead atoms. The number of benzene rings is 4. The van der Waals surface area contributed by atoms with Crippen LogP contribution in [-0.2, 0) is 112 Å². The molecule has 0 spiro atoms. The number of anilines is 2. The van der Waals surface area contributed by atoms with Crippen molar-refractivity contribution in [3.8, 4) is 0 Å². The first-order chi connectivity index (χ1) is 61.6. The zero-order chi connectivity index (χ0) is 98.1. The summed E-state index contributed by atoms with van der Waals surface area (Å²) >= 11 is 0. The number of carboxylic acids is 2. The lowest BCUT2D eigenvalue weighted by Gasteiger charge is -2.35. The van der Waals surface area contributed by atoms with E-state index in [1.54, 1.807) is 41.6 Å². The van der Waals surface area contributed by atoms with Crippen molar-refractivity contribution in [3.63, 3.8) is 0 Å². The van der Waals surface area contributed by atoms with E-state index in [4.69, 9.17) is 0 Å². The van der Waals surface area contributed by atoms with Crippen LogP contribution in [0.15, 0.2) is 176 Å². The van der Waals surface area contributed by atoms with Crippen molar-refractivity contribution in [2.24, 2.45) is 11.8 Å². The number of fused-ring (bicyclic) bond motifs is 4. The van der Waals surface area contributed by atoms with Crippen molar-refractivity contribution in [1.82, 2.24) is 20.4 Å². The van der Waals surface area contributed by atoms with Gasteiger partial charge in [-0.05, 0) is 201 Å². The van der Waals surface area contributed by atoms with Crippen LogP contribution in [0, 0.1) is 25.7 Å². The van der Waals surface area contributed by atoms with E-state index in [-0.39, 0.29) is 97.7 Å². The number of piperidine rings is 2. The predicted octanol–water partition coefficient (Wildman–Crippen LogP) is 8.87. The van der Waals surface area contributed by atoms with Crippen LogP contribution in [0.5, 0.6) is 0 Å². The van der Waals surface area contributed by atoms with Gasteiger partial charge in [-0.15, -0.1) is 0 Å². The average Bonchev–Trinajstić information content (AvgIpc) is 1.60. The maximum absolute atomic E-state index is 14.3. The molecule has 0 saturated carbocycles. The number of aliphatic carboxylic acids is 2. The number of carboxylic acid groups (broad SMARTS) is 2. The zero-order valence-electron chi connectivity index (χ0n) is 75.7. The molecule has 8 aliphatic rings. The van der Waals surface area contributed by atoms with Crippen molar-refractivity contribution in [2.75, 3.05) is 97.5 Å². The molecule has 42 heteroatoms. The van der Waals surface area contributed by atoms with E-state index in [0.29, 0.717) is 115 Å². The highest BCUT2D eigenvalue weighted by Gasteiger charge is 2.48. The van der Waals surface area contributed by atoms with Gasteiger partial charge in [0.25, 0.3) is 0 Å². The van der Waals surface area contributed by atoms with Gasteiger partial charge in [0.15, 0.2) is 11.4 Å². The largest absolute Gasteiger partial charge is 0.748 e. The first-order valence-corrected chi connectivity index (χ1v) is 54.5. The predicted molar refractivity (Wildman–Crippen MR) is 497 cm³/mol.